The molecule has 1 aromatic carbocycles. The third-order valence-corrected chi connectivity index (χ3v) is 6.89. The van der Waals surface area contributed by atoms with Crippen LogP contribution in [-0.4, -0.2) is 39.1 Å². The predicted molar refractivity (Wildman–Crippen MR) is 118 cm³/mol. The second-order valence-corrected chi connectivity index (χ2v) is 9.17. The van der Waals surface area contributed by atoms with Gasteiger partial charge in [0.1, 0.15) is 0 Å². The van der Waals surface area contributed by atoms with Crippen molar-refractivity contribution in [3.8, 4) is 10.7 Å². The number of nitrogens with one attached hydrogen (secondary N) is 1. The summed E-state index contributed by atoms with van der Waals surface area (Å²) in [5.74, 6) is 0.747. The van der Waals surface area contributed by atoms with Crippen molar-refractivity contribution in [2.75, 3.05) is 17.7 Å². The summed E-state index contributed by atoms with van der Waals surface area (Å²) in [4.78, 5) is 13.5. The second kappa shape index (κ2) is 9.49. The number of para-hydroxylation sites is 1. The van der Waals surface area contributed by atoms with Crippen molar-refractivity contribution in [2.24, 2.45) is 0 Å². The Morgan fingerprint density at radius 2 is 2.10 bits per heavy atom. The molecule has 0 radical (unpaired) electrons. The Morgan fingerprint density at radius 3 is 2.79 bits per heavy atom. The van der Waals surface area contributed by atoms with E-state index in [-0.39, 0.29) is 17.8 Å². The fourth-order valence-electron chi connectivity index (χ4n) is 3.06. The topological polar surface area (TPSA) is 69.0 Å². The summed E-state index contributed by atoms with van der Waals surface area (Å²) in [5.41, 5.74) is 0.418. The molecule has 3 aromatic rings. The van der Waals surface area contributed by atoms with Gasteiger partial charge in [0.25, 0.3) is 0 Å². The molecule has 1 fully saturated rings. The van der Waals surface area contributed by atoms with Crippen LogP contribution in [0, 0.1) is 0 Å². The average Bonchev–Trinajstić information content (AvgIpc) is 3.46. The zero-order valence-electron chi connectivity index (χ0n) is 15.3. The van der Waals surface area contributed by atoms with Crippen LogP contribution in [0.4, 0.5) is 5.69 Å². The third-order valence-electron chi connectivity index (χ3n) is 4.43. The molecule has 152 valence electrons. The van der Waals surface area contributed by atoms with E-state index in [1.165, 1.54) is 11.8 Å². The standard InChI is InChI=1S/C19H18Cl2N4O2S2/c20-13-5-1-6-14(21)17(13)22-16(26)11-29-19-24-23-18(15-7-3-9-28-15)25(19)10-12-4-2-8-27-12/h1,3,5-7,9,12H,2,4,8,10-11H2,(H,22,26). The van der Waals surface area contributed by atoms with E-state index < -0.39 is 0 Å². The molecule has 0 bridgehead atoms. The number of ether oxygens (including phenoxy) is 1. The number of rotatable bonds is 7. The van der Waals surface area contributed by atoms with Crippen LogP contribution in [0.1, 0.15) is 12.8 Å². The van der Waals surface area contributed by atoms with E-state index in [1.54, 1.807) is 29.5 Å². The van der Waals surface area contributed by atoms with Gasteiger partial charge in [-0.15, -0.1) is 21.5 Å². The minimum absolute atomic E-state index is 0.139. The summed E-state index contributed by atoms with van der Waals surface area (Å²) in [7, 11) is 0. The van der Waals surface area contributed by atoms with Crippen LogP contribution in [0.25, 0.3) is 10.7 Å². The van der Waals surface area contributed by atoms with Crippen molar-refractivity contribution in [1.29, 1.82) is 0 Å². The number of anilines is 1. The molecule has 1 unspecified atom stereocenters. The molecule has 2 aromatic heterocycles. The van der Waals surface area contributed by atoms with Crippen molar-refractivity contribution >= 4 is 57.9 Å². The van der Waals surface area contributed by atoms with E-state index >= 15 is 0 Å². The van der Waals surface area contributed by atoms with Gasteiger partial charge < -0.3 is 10.1 Å². The highest BCUT2D eigenvalue weighted by Gasteiger charge is 2.22. The summed E-state index contributed by atoms with van der Waals surface area (Å²) < 4.78 is 7.84. The first kappa shape index (κ1) is 20.7. The number of amides is 1. The lowest BCUT2D eigenvalue weighted by Crippen LogP contribution is -2.18. The number of halogens is 2. The lowest BCUT2D eigenvalue weighted by atomic mass is 10.2. The van der Waals surface area contributed by atoms with Gasteiger partial charge in [-0.05, 0) is 36.4 Å². The minimum Gasteiger partial charge on any atom is -0.376 e. The third kappa shape index (κ3) is 4.95. The van der Waals surface area contributed by atoms with Crippen LogP contribution in [0.15, 0.2) is 40.9 Å². The molecule has 3 heterocycles. The van der Waals surface area contributed by atoms with E-state index in [0.717, 1.165) is 30.2 Å². The molecule has 6 nitrogen and oxygen atoms in total. The van der Waals surface area contributed by atoms with Gasteiger partial charge in [0.15, 0.2) is 11.0 Å². The summed E-state index contributed by atoms with van der Waals surface area (Å²) in [5, 5.41) is 15.0. The molecule has 0 saturated carbocycles. The Bertz CT molecular complexity index is 968. The Kier molecular flexibility index (Phi) is 6.77. The highest BCUT2D eigenvalue weighted by molar-refractivity contribution is 7.99. The number of carbonyl (C=O) groups is 1. The largest absolute Gasteiger partial charge is 0.376 e. The molecule has 1 amide bonds. The molecule has 1 aliphatic heterocycles. The zero-order valence-corrected chi connectivity index (χ0v) is 18.5. The van der Waals surface area contributed by atoms with Gasteiger partial charge >= 0.3 is 0 Å². The van der Waals surface area contributed by atoms with Crippen molar-refractivity contribution in [2.45, 2.75) is 30.6 Å². The van der Waals surface area contributed by atoms with Gasteiger partial charge in [-0.25, -0.2) is 0 Å². The number of hydrogen-bond donors (Lipinski definition) is 1. The van der Waals surface area contributed by atoms with Crippen molar-refractivity contribution in [3.63, 3.8) is 0 Å². The fraction of sp³-hybridized carbons (Fsp3) is 0.316. The molecule has 0 aliphatic carbocycles. The van der Waals surface area contributed by atoms with Crippen molar-refractivity contribution in [1.82, 2.24) is 14.8 Å². The highest BCUT2D eigenvalue weighted by atomic mass is 35.5. The van der Waals surface area contributed by atoms with Crippen molar-refractivity contribution < 1.29 is 9.53 Å². The lowest BCUT2D eigenvalue weighted by molar-refractivity contribution is -0.113. The van der Waals surface area contributed by atoms with Crippen molar-refractivity contribution in [3.05, 3.63) is 45.8 Å². The van der Waals surface area contributed by atoms with Crippen LogP contribution in [-0.2, 0) is 16.1 Å². The Morgan fingerprint density at radius 1 is 1.28 bits per heavy atom. The second-order valence-electron chi connectivity index (χ2n) is 6.46. The number of nitrogens with zero attached hydrogens (tertiary/aromatic N) is 3. The molecule has 0 spiro atoms. The smallest absolute Gasteiger partial charge is 0.234 e. The van der Waals surface area contributed by atoms with Crippen LogP contribution in [0.5, 0.6) is 0 Å². The van der Waals surface area contributed by atoms with Gasteiger partial charge in [-0.1, -0.05) is 47.1 Å². The molecule has 1 N–H and O–H groups in total. The molecular formula is C19H18Cl2N4O2S2. The molecule has 1 saturated heterocycles. The van der Waals surface area contributed by atoms with Gasteiger partial charge in [-0.3, -0.25) is 9.36 Å². The maximum Gasteiger partial charge on any atom is 0.234 e. The van der Waals surface area contributed by atoms with Crippen LogP contribution in [0.3, 0.4) is 0 Å². The summed E-state index contributed by atoms with van der Waals surface area (Å²) in [6, 6.07) is 9.10. The van der Waals surface area contributed by atoms with E-state index in [1.807, 2.05) is 22.1 Å². The lowest BCUT2D eigenvalue weighted by Gasteiger charge is -2.14. The molecule has 4 rings (SSSR count). The molecule has 1 atom stereocenters. The van der Waals surface area contributed by atoms with Gasteiger partial charge in [0, 0.05) is 6.61 Å². The number of benzene rings is 1. The number of hydrogen-bond acceptors (Lipinski definition) is 6. The first-order valence-electron chi connectivity index (χ1n) is 9.07. The fourth-order valence-corrected chi connectivity index (χ4v) is 5.02. The summed E-state index contributed by atoms with van der Waals surface area (Å²) >= 11 is 15.2. The van der Waals surface area contributed by atoms with E-state index in [0.29, 0.717) is 27.4 Å². The average molecular weight is 469 g/mol. The molecule has 29 heavy (non-hydrogen) atoms. The van der Waals surface area contributed by atoms with Crippen LogP contribution in [0.2, 0.25) is 10.0 Å². The minimum atomic E-state index is -0.214. The molecule has 1 aliphatic rings. The van der Waals surface area contributed by atoms with Crippen LogP contribution < -0.4 is 5.32 Å². The number of thiophene rings is 1. The summed E-state index contributed by atoms with van der Waals surface area (Å²) in [6.07, 6.45) is 2.21. The van der Waals surface area contributed by atoms with E-state index in [4.69, 9.17) is 27.9 Å². The Labute approximate surface area is 186 Å². The monoisotopic (exact) mass is 468 g/mol. The Balaban J connectivity index is 1.48. The van der Waals surface area contributed by atoms with E-state index in [9.17, 15) is 4.79 Å². The van der Waals surface area contributed by atoms with Crippen LogP contribution >= 0.6 is 46.3 Å². The van der Waals surface area contributed by atoms with E-state index in [2.05, 4.69) is 15.5 Å². The SMILES string of the molecule is O=C(CSc1nnc(-c2cccs2)n1CC1CCCO1)Nc1c(Cl)cccc1Cl. The first-order chi connectivity index (χ1) is 14.1. The summed E-state index contributed by atoms with van der Waals surface area (Å²) in [6.45, 7) is 1.45. The first-order valence-corrected chi connectivity index (χ1v) is 11.7. The quantitative estimate of drug-likeness (QED) is 0.481. The zero-order chi connectivity index (χ0) is 20.2. The van der Waals surface area contributed by atoms with Gasteiger partial charge in [0.05, 0.1) is 39.0 Å². The number of thioether (sulfide) groups is 1. The maximum atomic E-state index is 12.5. The normalized spacial score (nSPS) is 16.3. The van der Waals surface area contributed by atoms with Gasteiger partial charge in [0.2, 0.25) is 5.91 Å². The van der Waals surface area contributed by atoms with Gasteiger partial charge in [-0.2, -0.15) is 0 Å². The Hall–Kier alpha value is -1.58. The molecular weight excluding hydrogens is 451 g/mol. The highest BCUT2D eigenvalue weighted by Crippen LogP contribution is 2.31. The number of aromatic nitrogens is 3. The number of carbonyl (C=O) groups excluding carboxylic acids is 1. The predicted octanol–water partition coefficient (Wildman–Crippen LogP) is 5.22. The maximum absolute atomic E-state index is 12.5. The molecule has 10 heteroatoms.